The molecular formula is C20H27N4O4+. The summed E-state index contributed by atoms with van der Waals surface area (Å²) in [7, 11) is 0. The molecule has 0 aliphatic carbocycles. The Morgan fingerprint density at radius 2 is 1.57 bits per heavy atom. The molecule has 0 spiro atoms. The van der Waals surface area contributed by atoms with Gasteiger partial charge in [0.2, 0.25) is 0 Å². The third-order valence-corrected chi connectivity index (χ3v) is 5.17. The van der Waals surface area contributed by atoms with Crippen molar-refractivity contribution in [3.05, 3.63) is 29.8 Å². The number of amides is 4. The number of hydrogen-bond donors (Lipinski definition) is 1. The summed E-state index contributed by atoms with van der Waals surface area (Å²) in [5, 5.41) is 0. The smallest absolute Gasteiger partial charge is 0.338 e. The van der Waals surface area contributed by atoms with Crippen molar-refractivity contribution < 1.29 is 24.1 Å². The van der Waals surface area contributed by atoms with Gasteiger partial charge >= 0.3 is 17.8 Å². The van der Waals surface area contributed by atoms with Crippen molar-refractivity contribution in [2.75, 3.05) is 44.3 Å². The molecule has 1 aromatic rings. The monoisotopic (exact) mass is 387 g/mol. The lowest BCUT2D eigenvalue weighted by Crippen LogP contribution is -3.16. The van der Waals surface area contributed by atoms with Gasteiger partial charge in [-0.05, 0) is 37.1 Å². The average molecular weight is 387 g/mol. The second-order valence-electron chi connectivity index (χ2n) is 7.82. The fourth-order valence-electron chi connectivity index (χ4n) is 3.59. The quantitative estimate of drug-likeness (QED) is 0.422. The number of carbonyl (C=O) groups excluding carboxylic acids is 4. The highest BCUT2D eigenvalue weighted by Gasteiger charge is 2.46. The fraction of sp³-hybridized carbons (Fsp3) is 0.500. The highest BCUT2D eigenvalue weighted by molar-refractivity contribution is 6.44. The van der Waals surface area contributed by atoms with Crippen LogP contribution in [0.2, 0.25) is 0 Å². The number of imide groups is 2. The van der Waals surface area contributed by atoms with E-state index in [1.165, 1.54) is 0 Å². The second kappa shape index (κ2) is 8.10. The normalized spacial score (nSPS) is 18.6. The number of piperazine rings is 1. The zero-order valence-corrected chi connectivity index (χ0v) is 16.6. The molecule has 2 fully saturated rings. The standard InChI is InChI=1S/C20H26N4O4/c1-14(2)12-23-18(26)19(27)24(20(23)28)13-21-8-10-22(11-9-21)17-6-4-16(5-7-17)15(3)25/h4-7,14H,8-13H2,1-3H3/p+1. The molecule has 8 heteroatoms. The van der Waals surface area contributed by atoms with E-state index in [1.54, 1.807) is 6.92 Å². The SMILES string of the molecule is CC(=O)c1ccc(N2CC[NH+](CN3C(=O)C(=O)N(CC(C)C)C3=O)CC2)cc1. The first-order chi connectivity index (χ1) is 13.3. The van der Waals surface area contributed by atoms with Crippen LogP contribution in [0.1, 0.15) is 31.1 Å². The summed E-state index contributed by atoms with van der Waals surface area (Å²) in [6, 6.07) is 7.04. The maximum atomic E-state index is 12.5. The summed E-state index contributed by atoms with van der Waals surface area (Å²) in [5.74, 6) is -1.28. The Balaban J connectivity index is 1.57. The number of urea groups is 1. The van der Waals surface area contributed by atoms with Gasteiger partial charge in [-0.1, -0.05) is 13.8 Å². The minimum atomic E-state index is -0.722. The summed E-state index contributed by atoms with van der Waals surface area (Å²) >= 11 is 0. The number of nitrogens with zero attached hydrogens (tertiary/aromatic N) is 3. The maximum absolute atomic E-state index is 12.5. The van der Waals surface area contributed by atoms with Crippen LogP contribution in [0.5, 0.6) is 0 Å². The van der Waals surface area contributed by atoms with Gasteiger partial charge in [0, 0.05) is 17.8 Å². The van der Waals surface area contributed by atoms with E-state index in [9.17, 15) is 19.2 Å². The van der Waals surface area contributed by atoms with Gasteiger partial charge in [-0.15, -0.1) is 0 Å². The van der Waals surface area contributed by atoms with E-state index < -0.39 is 17.8 Å². The molecule has 1 N–H and O–H groups in total. The first-order valence-electron chi connectivity index (χ1n) is 9.64. The maximum Gasteiger partial charge on any atom is 0.338 e. The highest BCUT2D eigenvalue weighted by atomic mass is 16.2. The molecule has 0 saturated carbocycles. The van der Waals surface area contributed by atoms with Crippen LogP contribution in [-0.2, 0) is 9.59 Å². The van der Waals surface area contributed by atoms with Gasteiger partial charge in [-0.25, -0.2) is 9.69 Å². The number of anilines is 1. The summed E-state index contributed by atoms with van der Waals surface area (Å²) in [4.78, 5) is 53.6. The first-order valence-corrected chi connectivity index (χ1v) is 9.64. The van der Waals surface area contributed by atoms with Gasteiger partial charge in [0.25, 0.3) is 0 Å². The zero-order valence-electron chi connectivity index (χ0n) is 16.6. The molecule has 0 atom stereocenters. The number of rotatable bonds is 6. The van der Waals surface area contributed by atoms with E-state index in [1.807, 2.05) is 38.1 Å². The predicted octanol–water partition coefficient (Wildman–Crippen LogP) is -0.00160. The van der Waals surface area contributed by atoms with Crippen LogP contribution in [0.15, 0.2) is 24.3 Å². The Hall–Kier alpha value is -2.74. The van der Waals surface area contributed by atoms with Crippen LogP contribution < -0.4 is 9.80 Å². The Labute approximate surface area is 164 Å². The predicted molar refractivity (Wildman–Crippen MR) is 103 cm³/mol. The van der Waals surface area contributed by atoms with Crippen molar-refractivity contribution in [1.82, 2.24) is 9.80 Å². The number of Topliss-reactive ketones (excluding diaryl/α,β-unsaturated/α-hetero) is 1. The average Bonchev–Trinajstić information content (AvgIpc) is 2.86. The lowest BCUT2D eigenvalue weighted by atomic mass is 10.1. The van der Waals surface area contributed by atoms with Gasteiger partial charge in [0.1, 0.15) is 0 Å². The molecule has 0 bridgehead atoms. The minimum Gasteiger partial charge on any atom is -0.360 e. The van der Waals surface area contributed by atoms with Gasteiger partial charge < -0.3 is 9.80 Å². The molecule has 8 nitrogen and oxygen atoms in total. The largest absolute Gasteiger partial charge is 0.360 e. The topological polar surface area (TPSA) is 82.4 Å². The van der Waals surface area contributed by atoms with E-state index in [-0.39, 0.29) is 24.9 Å². The van der Waals surface area contributed by atoms with Crippen molar-refractivity contribution >= 4 is 29.3 Å². The summed E-state index contributed by atoms with van der Waals surface area (Å²) in [6.07, 6.45) is 0. The van der Waals surface area contributed by atoms with E-state index in [4.69, 9.17) is 0 Å². The van der Waals surface area contributed by atoms with Gasteiger partial charge in [-0.2, -0.15) is 0 Å². The molecule has 2 aliphatic heterocycles. The lowest BCUT2D eigenvalue weighted by Gasteiger charge is -2.34. The fourth-order valence-corrected chi connectivity index (χ4v) is 3.59. The molecule has 28 heavy (non-hydrogen) atoms. The molecular weight excluding hydrogens is 360 g/mol. The van der Waals surface area contributed by atoms with E-state index >= 15 is 0 Å². The van der Waals surface area contributed by atoms with Gasteiger partial charge in [0.05, 0.1) is 26.2 Å². The molecule has 4 amide bonds. The van der Waals surface area contributed by atoms with E-state index in [0.717, 1.165) is 46.6 Å². The first kappa shape index (κ1) is 20.0. The molecule has 1 aromatic carbocycles. The summed E-state index contributed by atoms with van der Waals surface area (Å²) in [6.45, 7) is 8.89. The van der Waals surface area contributed by atoms with Crippen molar-refractivity contribution in [2.45, 2.75) is 20.8 Å². The highest BCUT2D eigenvalue weighted by Crippen LogP contribution is 2.16. The Morgan fingerprint density at radius 3 is 2.11 bits per heavy atom. The van der Waals surface area contributed by atoms with Crippen LogP contribution in [-0.4, -0.2) is 72.8 Å². The Kier molecular flexibility index (Phi) is 5.79. The van der Waals surface area contributed by atoms with Crippen molar-refractivity contribution in [1.29, 1.82) is 0 Å². The van der Waals surface area contributed by atoms with Crippen LogP contribution >= 0.6 is 0 Å². The van der Waals surface area contributed by atoms with Crippen LogP contribution in [0.4, 0.5) is 10.5 Å². The summed E-state index contributed by atoms with van der Waals surface area (Å²) in [5.41, 5.74) is 1.74. The molecule has 0 radical (unpaired) electrons. The molecule has 2 aliphatic rings. The summed E-state index contributed by atoms with van der Waals surface area (Å²) < 4.78 is 0. The van der Waals surface area contributed by atoms with Crippen molar-refractivity contribution in [2.24, 2.45) is 5.92 Å². The zero-order chi connectivity index (χ0) is 20.4. The number of nitrogens with one attached hydrogen (secondary N) is 1. The number of carbonyl (C=O) groups is 4. The minimum absolute atomic E-state index is 0.0434. The third-order valence-electron chi connectivity index (χ3n) is 5.17. The molecule has 0 unspecified atom stereocenters. The van der Waals surface area contributed by atoms with Crippen LogP contribution in [0.3, 0.4) is 0 Å². The second-order valence-corrected chi connectivity index (χ2v) is 7.82. The van der Waals surface area contributed by atoms with Crippen LogP contribution in [0.25, 0.3) is 0 Å². The number of benzene rings is 1. The van der Waals surface area contributed by atoms with Crippen molar-refractivity contribution in [3.8, 4) is 0 Å². The third kappa shape index (κ3) is 4.06. The molecule has 2 heterocycles. The van der Waals surface area contributed by atoms with Crippen LogP contribution in [0, 0.1) is 5.92 Å². The van der Waals surface area contributed by atoms with E-state index in [2.05, 4.69) is 4.90 Å². The van der Waals surface area contributed by atoms with E-state index in [0.29, 0.717) is 5.56 Å². The number of ketones is 1. The van der Waals surface area contributed by atoms with Gasteiger partial charge in [-0.3, -0.25) is 19.3 Å². The Morgan fingerprint density at radius 1 is 1.00 bits per heavy atom. The molecule has 0 aromatic heterocycles. The molecule has 3 rings (SSSR count). The number of quaternary nitrogens is 1. The van der Waals surface area contributed by atoms with Crippen molar-refractivity contribution in [3.63, 3.8) is 0 Å². The molecule has 150 valence electrons. The Bertz CT molecular complexity index is 782. The number of hydrogen-bond acceptors (Lipinski definition) is 5. The van der Waals surface area contributed by atoms with Gasteiger partial charge in [0.15, 0.2) is 12.5 Å². The molecule has 2 saturated heterocycles. The lowest BCUT2D eigenvalue weighted by molar-refractivity contribution is -0.907.